The van der Waals surface area contributed by atoms with Crippen molar-refractivity contribution in [2.75, 3.05) is 0 Å². The van der Waals surface area contributed by atoms with Gasteiger partial charge in [0, 0.05) is 0 Å². The molecule has 0 fully saturated rings. The minimum atomic E-state index is -2.17. The van der Waals surface area contributed by atoms with E-state index < -0.39 is 42.5 Å². The quantitative estimate of drug-likeness (QED) is 0.220. The Bertz CT molecular complexity index is 1170. The average Bonchev–Trinajstić information content (AvgIpc) is 3.01. The standard InChI is InChI=1S/6C6H5.Pb.Sn/c6*1-2-4-6-5-3-1;;/h6*1-5H;;. The summed E-state index contributed by atoms with van der Waals surface area (Å²) in [6, 6.07) is 66.0. The first-order chi connectivity index (χ1) is 18.9. The number of rotatable bonds is 6. The van der Waals surface area contributed by atoms with Crippen LogP contribution in [-0.2, 0) is 0 Å². The van der Waals surface area contributed by atoms with Gasteiger partial charge >= 0.3 is 245 Å². The normalized spacial score (nSPS) is 10.6. The van der Waals surface area contributed by atoms with Crippen molar-refractivity contribution >= 4 is 62.6 Å². The molecule has 0 atom stereocenters. The maximum absolute atomic E-state index is 2.29. The Kier molecular flexibility index (Phi) is 10.0. The Hall–Kier alpha value is -2.96. The molecule has 0 amide bonds. The molecule has 0 aliphatic carbocycles. The number of hydrogen-bond acceptors (Lipinski definition) is 0. The SMILES string of the molecule is c1cc[c]([Pb]([c]2ccccc2)[c]2ccccc2)cc1.c1cc[c]([Sn]([c]2ccccc2)[c]2ccccc2)cc1. The van der Waals surface area contributed by atoms with Crippen LogP contribution in [0.15, 0.2) is 182 Å². The first-order valence-electron chi connectivity index (χ1n) is 13.0. The monoisotopic (exact) mass is 790 g/mol. The van der Waals surface area contributed by atoms with E-state index >= 15 is 0 Å². The van der Waals surface area contributed by atoms with E-state index in [4.69, 9.17) is 0 Å². The van der Waals surface area contributed by atoms with Gasteiger partial charge in [-0.05, 0) is 0 Å². The van der Waals surface area contributed by atoms with Crippen molar-refractivity contribution in [2.24, 2.45) is 0 Å². The number of benzene rings is 6. The molecule has 2 heteroatoms. The molecule has 6 rings (SSSR count). The summed E-state index contributed by atoms with van der Waals surface area (Å²) in [7, 11) is 0. The van der Waals surface area contributed by atoms with Crippen molar-refractivity contribution in [3.63, 3.8) is 0 Å². The van der Waals surface area contributed by atoms with Crippen LogP contribution in [0.2, 0.25) is 0 Å². The molecule has 0 N–H and O–H groups in total. The van der Waals surface area contributed by atoms with Crippen LogP contribution < -0.4 is 20.1 Å². The van der Waals surface area contributed by atoms with E-state index in [9.17, 15) is 0 Å². The summed E-state index contributed by atoms with van der Waals surface area (Å²) in [6.45, 7) is 0. The molecule has 0 saturated carbocycles. The van der Waals surface area contributed by atoms with Gasteiger partial charge in [-0.25, -0.2) is 0 Å². The zero-order valence-corrected chi connectivity index (χ0v) is 28.1. The molecule has 0 saturated heterocycles. The molecule has 182 valence electrons. The third kappa shape index (κ3) is 7.12. The van der Waals surface area contributed by atoms with Crippen LogP contribution in [0.5, 0.6) is 0 Å². The fourth-order valence-electron chi connectivity index (χ4n) is 4.63. The second-order valence-corrected chi connectivity index (χ2v) is 25.7. The molecule has 2 radical (unpaired) electrons. The molecule has 0 aromatic heterocycles. The van der Waals surface area contributed by atoms with E-state index in [0.717, 1.165) is 0 Å². The molecular formula is C36H30PbSn. The van der Waals surface area contributed by atoms with Crippen molar-refractivity contribution in [1.82, 2.24) is 0 Å². The molecule has 0 spiro atoms. The topological polar surface area (TPSA) is 0 Å². The van der Waals surface area contributed by atoms with Gasteiger partial charge in [-0.3, -0.25) is 0 Å². The first kappa shape index (κ1) is 26.6. The van der Waals surface area contributed by atoms with Crippen LogP contribution in [0.3, 0.4) is 0 Å². The Morgan fingerprint density at radius 3 is 0.711 bits per heavy atom. The first-order valence-corrected chi connectivity index (χ1v) is 23.1. The van der Waals surface area contributed by atoms with Crippen LogP contribution in [0.4, 0.5) is 0 Å². The molecule has 0 unspecified atom stereocenters. The summed E-state index contributed by atoms with van der Waals surface area (Å²) in [6.07, 6.45) is 0. The van der Waals surface area contributed by atoms with E-state index in [1.165, 1.54) is 10.7 Å². The van der Waals surface area contributed by atoms with Crippen LogP contribution >= 0.6 is 0 Å². The van der Waals surface area contributed by atoms with Gasteiger partial charge < -0.3 is 0 Å². The molecule has 6 aromatic carbocycles. The van der Waals surface area contributed by atoms with Crippen LogP contribution in [-0.4, -0.2) is 42.5 Å². The van der Waals surface area contributed by atoms with Gasteiger partial charge in [-0.15, -0.1) is 0 Å². The third-order valence-electron chi connectivity index (χ3n) is 6.37. The minimum absolute atomic E-state index is 1.53. The molecule has 6 aromatic rings. The van der Waals surface area contributed by atoms with E-state index in [1.807, 2.05) is 0 Å². The van der Waals surface area contributed by atoms with Crippen molar-refractivity contribution in [3.8, 4) is 0 Å². The average molecular weight is 789 g/mol. The number of hydrogen-bond donors (Lipinski definition) is 0. The van der Waals surface area contributed by atoms with Gasteiger partial charge in [-0.2, -0.15) is 0 Å². The predicted octanol–water partition coefficient (Wildman–Crippen LogP) is 4.41. The summed E-state index contributed by atoms with van der Waals surface area (Å²) in [4.78, 5) is 0. The second-order valence-electron chi connectivity index (χ2n) is 8.95. The molecule has 0 heterocycles. The Labute approximate surface area is 242 Å². The van der Waals surface area contributed by atoms with E-state index in [-0.39, 0.29) is 0 Å². The van der Waals surface area contributed by atoms with Gasteiger partial charge in [-0.1, -0.05) is 0 Å². The third-order valence-corrected chi connectivity index (χ3v) is 24.8. The van der Waals surface area contributed by atoms with E-state index in [1.54, 1.807) is 9.37 Å². The summed E-state index contributed by atoms with van der Waals surface area (Å²) in [5.41, 5.74) is 0. The van der Waals surface area contributed by atoms with Crippen molar-refractivity contribution in [2.45, 2.75) is 0 Å². The molecule has 0 aliphatic rings. The fraction of sp³-hybridized carbons (Fsp3) is 0. The maximum atomic E-state index is 2.29. The fourth-order valence-corrected chi connectivity index (χ4v) is 22.0. The van der Waals surface area contributed by atoms with Crippen molar-refractivity contribution < 1.29 is 0 Å². The summed E-state index contributed by atoms with van der Waals surface area (Å²) in [5.74, 6) is 0. The molecule has 0 nitrogen and oxygen atoms in total. The Morgan fingerprint density at radius 2 is 0.474 bits per heavy atom. The zero-order valence-electron chi connectivity index (χ0n) is 21.3. The summed E-state index contributed by atoms with van der Waals surface area (Å²) in [5, 5.41) is 0. The molecule has 0 aliphatic heterocycles. The Balaban J connectivity index is 0.000000155. The Morgan fingerprint density at radius 1 is 0.263 bits per heavy atom. The van der Waals surface area contributed by atoms with Gasteiger partial charge in [0.1, 0.15) is 0 Å². The summed E-state index contributed by atoms with van der Waals surface area (Å²) >= 11 is -4.15. The molecule has 38 heavy (non-hydrogen) atoms. The molecule has 0 bridgehead atoms. The van der Waals surface area contributed by atoms with Crippen LogP contribution in [0.25, 0.3) is 0 Å². The van der Waals surface area contributed by atoms with Crippen LogP contribution in [0, 0.1) is 0 Å². The van der Waals surface area contributed by atoms with Gasteiger partial charge in [0.25, 0.3) is 0 Å². The van der Waals surface area contributed by atoms with Crippen LogP contribution in [0.1, 0.15) is 0 Å². The predicted molar refractivity (Wildman–Crippen MR) is 168 cm³/mol. The van der Waals surface area contributed by atoms with E-state index in [0.29, 0.717) is 0 Å². The molecular weight excluding hydrogens is 758 g/mol. The summed E-state index contributed by atoms with van der Waals surface area (Å²) < 4.78 is 9.23. The van der Waals surface area contributed by atoms with Crippen molar-refractivity contribution in [3.05, 3.63) is 182 Å². The van der Waals surface area contributed by atoms with E-state index in [2.05, 4.69) is 182 Å². The van der Waals surface area contributed by atoms with Gasteiger partial charge in [0.2, 0.25) is 0 Å². The van der Waals surface area contributed by atoms with Gasteiger partial charge in [0.05, 0.1) is 0 Å². The van der Waals surface area contributed by atoms with Crippen molar-refractivity contribution in [1.29, 1.82) is 0 Å². The second kappa shape index (κ2) is 14.3. The van der Waals surface area contributed by atoms with Gasteiger partial charge in [0.15, 0.2) is 0 Å². The zero-order chi connectivity index (χ0) is 25.8.